The number of para-hydroxylation sites is 2. The smallest absolute Gasteiger partial charge is 0.335 e. The maximum atomic E-state index is 11.9. The zero-order valence-electron chi connectivity index (χ0n) is 13.7. The molecule has 0 aliphatic rings. The van der Waals surface area contributed by atoms with Crippen molar-refractivity contribution in [3.05, 3.63) is 58.7 Å². The Labute approximate surface area is 174 Å². The number of hydrogen-bond donors (Lipinski definition) is 2. The molecule has 2 rings (SSSR count). The van der Waals surface area contributed by atoms with Crippen LogP contribution in [0.4, 0.5) is 0 Å². The molecule has 0 amide bonds. The number of nitrogens with one attached hydrogen (secondary N) is 1. The number of hydrazone groups is 1. The zero-order chi connectivity index (χ0) is 20.0. The Kier molecular flexibility index (Phi) is 8.27. The minimum atomic E-state index is -1.60. The molecule has 2 aromatic carbocycles. The van der Waals surface area contributed by atoms with Gasteiger partial charge < -0.3 is 25.2 Å². The van der Waals surface area contributed by atoms with Crippen LogP contribution in [-0.2, 0) is 17.1 Å². The van der Waals surface area contributed by atoms with Crippen molar-refractivity contribution in [2.45, 2.75) is 0 Å². The summed E-state index contributed by atoms with van der Waals surface area (Å²) < 4.78 is 0. The number of aromatic carboxylic acids is 2. The fourth-order valence-electron chi connectivity index (χ4n) is 1.96. The summed E-state index contributed by atoms with van der Waals surface area (Å²) in [7, 11) is 0. The number of rotatable bonds is 5. The SMILES string of the molecule is O=C([O-])c1cccc(C=NC(=S)N/N=C/c2cccc(C(=O)O)c2[O-])c1[O-].[Cu]. The number of thiocarbonyl (C=S) groups is 1. The van der Waals surface area contributed by atoms with E-state index in [-0.39, 0.29) is 33.3 Å². The summed E-state index contributed by atoms with van der Waals surface area (Å²) in [6.07, 6.45) is 2.13. The van der Waals surface area contributed by atoms with Crippen LogP contribution in [0.3, 0.4) is 0 Å². The molecule has 0 atom stereocenters. The van der Waals surface area contributed by atoms with Gasteiger partial charge in [0.1, 0.15) is 0 Å². The van der Waals surface area contributed by atoms with E-state index in [1.54, 1.807) is 0 Å². The fraction of sp³-hybridized carbons (Fsp3) is 0. The molecule has 149 valence electrons. The molecule has 2 aromatic rings. The number of carboxylic acids is 2. The number of benzene rings is 2. The summed E-state index contributed by atoms with van der Waals surface area (Å²) in [5, 5.41) is 46.9. The van der Waals surface area contributed by atoms with Crippen molar-refractivity contribution in [1.29, 1.82) is 0 Å². The second-order valence-corrected chi connectivity index (χ2v) is 5.36. The fourth-order valence-corrected chi connectivity index (χ4v) is 2.06. The Balaban J connectivity index is 0.00000392. The van der Waals surface area contributed by atoms with Crippen molar-refractivity contribution >= 4 is 41.7 Å². The minimum absolute atomic E-state index is 0. The van der Waals surface area contributed by atoms with Crippen LogP contribution in [0, 0.1) is 0 Å². The van der Waals surface area contributed by atoms with Crippen molar-refractivity contribution in [3.63, 3.8) is 0 Å². The zero-order valence-corrected chi connectivity index (χ0v) is 15.5. The van der Waals surface area contributed by atoms with Gasteiger partial charge in [-0.15, -0.1) is 0 Å². The quantitative estimate of drug-likeness (QED) is 0.261. The Morgan fingerprint density at radius 1 is 1.00 bits per heavy atom. The van der Waals surface area contributed by atoms with Crippen LogP contribution >= 0.6 is 12.2 Å². The van der Waals surface area contributed by atoms with Crippen LogP contribution in [0.25, 0.3) is 0 Å². The molecule has 0 bridgehead atoms. The summed E-state index contributed by atoms with van der Waals surface area (Å²) in [6.45, 7) is 0. The molecule has 0 heterocycles. The van der Waals surface area contributed by atoms with Crippen molar-refractivity contribution in [3.8, 4) is 11.5 Å². The molecule has 0 saturated heterocycles. The largest absolute Gasteiger partial charge is 0.872 e. The molecule has 11 heteroatoms. The Morgan fingerprint density at radius 3 is 2.11 bits per heavy atom. The number of carbonyl (C=O) groups excluding carboxylic acids is 1. The normalized spacial score (nSPS) is 10.6. The summed E-state index contributed by atoms with van der Waals surface area (Å²) in [6, 6.07) is 7.76. The van der Waals surface area contributed by atoms with Gasteiger partial charge in [0.15, 0.2) is 0 Å². The van der Waals surface area contributed by atoms with Gasteiger partial charge in [0.05, 0.1) is 17.7 Å². The van der Waals surface area contributed by atoms with Gasteiger partial charge in [-0.25, -0.2) is 9.79 Å². The summed E-state index contributed by atoms with van der Waals surface area (Å²) in [5.41, 5.74) is 1.44. The summed E-state index contributed by atoms with van der Waals surface area (Å²) >= 11 is 4.87. The van der Waals surface area contributed by atoms with Gasteiger partial charge in [0.25, 0.3) is 0 Å². The molecule has 0 aliphatic heterocycles. The van der Waals surface area contributed by atoms with E-state index in [1.165, 1.54) is 30.3 Å². The van der Waals surface area contributed by atoms with Gasteiger partial charge in [0, 0.05) is 23.3 Å². The van der Waals surface area contributed by atoms with E-state index in [2.05, 4.69) is 15.5 Å². The van der Waals surface area contributed by atoms with Crippen LogP contribution < -0.4 is 20.7 Å². The van der Waals surface area contributed by atoms with Gasteiger partial charge in [-0.2, -0.15) is 5.10 Å². The molecular weight excluding hydrogens is 438 g/mol. The molecule has 0 fully saturated rings. The Hall–Kier alpha value is -3.27. The average Bonchev–Trinajstić information content (AvgIpc) is 2.61. The van der Waals surface area contributed by atoms with E-state index in [1.807, 2.05) is 0 Å². The van der Waals surface area contributed by atoms with E-state index < -0.39 is 34.6 Å². The van der Waals surface area contributed by atoms with Crippen LogP contribution in [0.15, 0.2) is 46.5 Å². The third-order valence-electron chi connectivity index (χ3n) is 3.23. The first-order valence-electron chi connectivity index (χ1n) is 7.23. The number of aliphatic imine (C=N–C) groups is 1. The van der Waals surface area contributed by atoms with Gasteiger partial charge in [0.2, 0.25) is 5.11 Å². The van der Waals surface area contributed by atoms with Crippen molar-refractivity contribution in [2.75, 3.05) is 0 Å². The second-order valence-electron chi connectivity index (χ2n) is 4.97. The monoisotopic (exact) mass is 447 g/mol. The van der Waals surface area contributed by atoms with Crippen molar-refractivity contribution in [2.24, 2.45) is 10.1 Å². The first-order chi connectivity index (χ1) is 12.8. The van der Waals surface area contributed by atoms with Gasteiger partial charge >= 0.3 is 5.97 Å². The maximum Gasteiger partial charge on any atom is 0.335 e. The van der Waals surface area contributed by atoms with Gasteiger partial charge in [-0.3, -0.25) is 5.43 Å². The first kappa shape index (κ1) is 22.8. The third kappa shape index (κ3) is 5.61. The Bertz CT molecular complexity index is 977. The molecule has 2 N–H and O–H groups in total. The van der Waals surface area contributed by atoms with Crippen LogP contribution in [-0.4, -0.2) is 34.6 Å². The minimum Gasteiger partial charge on any atom is -0.872 e. The predicted molar refractivity (Wildman–Crippen MR) is 94.0 cm³/mol. The molecule has 0 aliphatic carbocycles. The molecule has 9 nitrogen and oxygen atoms in total. The molecular formula is C17H10CuN3O6S-3. The topological polar surface area (TPSA) is 160 Å². The van der Waals surface area contributed by atoms with Crippen LogP contribution in [0.1, 0.15) is 31.8 Å². The van der Waals surface area contributed by atoms with Crippen molar-refractivity contribution < 1.29 is 47.1 Å². The van der Waals surface area contributed by atoms with Gasteiger partial charge in [-0.1, -0.05) is 41.8 Å². The van der Waals surface area contributed by atoms with E-state index >= 15 is 0 Å². The maximum absolute atomic E-state index is 11.9. The van der Waals surface area contributed by atoms with E-state index in [4.69, 9.17) is 17.3 Å². The molecule has 0 saturated carbocycles. The number of nitrogens with zero attached hydrogens (tertiary/aromatic N) is 2. The van der Waals surface area contributed by atoms with Gasteiger partial charge in [-0.05, 0) is 35.0 Å². The Morgan fingerprint density at radius 2 is 1.54 bits per heavy atom. The number of carboxylic acid groups (broad SMARTS) is 2. The predicted octanol–water partition coefficient (Wildman–Crippen LogP) is -0.780. The third-order valence-corrected chi connectivity index (χ3v) is 3.42. The van der Waals surface area contributed by atoms with Crippen LogP contribution in [0.2, 0.25) is 0 Å². The molecule has 0 spiro atoms. The van der Waals surface area contributed by atoms with E-state index in [9.17, 15) is 24.9 Å². The molecule has 0 aromatic heterocycles. The number of carbonyl (C=O) groups is 2. The number of hydrogen-bond acceptors (Lipinski definition) is 7. The van der Waals surface area contributed by atoms with E-state index in [0.717, 1.165) is 18.5 Å². The molecule has 1 radical (unpaired) electrons. The van der Waals surface area contributed by atoms with Crippen LogP contribution in [0.5, 0.6) is 11.5 Å². The van der Waals surface area contributed by atoms with Crippen molar-refractivity contribution in [1.82, 2.24) is 5.43 Å². The first-order valence-corrected chi connectivity index (χ1v) is 7.64. The molecule has 28 heavy (non-hydrogen) atoms. The summed E-state index contributed by atoms with van der Waals surface area (Å²) in [5.74, 6) is -4.43. The summed E-state index contributed by atoms with van der Waals surface area (Å²) in [4.78, 5) is 25.5. The average molecular weight is 448 g/mol. The van der Waals surface area contributed by atoms with E-state index in [0.29, 0.717) is 0 Å². The molecule has 0 unspecified atom stereocenters. The second kappa shape index (κ2) is 10.2. The standard InChI is InChI=1S/C17H13N3O6S.Cu/c21-13-9(3-1-5-11(13)15(23)24)7-18-17(27)20-19-8-10-4-2-6-12(14(10)22)16(25)26;/h1-8,21-22H,(H,20,27)(H,23,24)(H,25,26);/p-3/b18-7?,19-8+;.